The molecule has 0 amide bonds. The highest BCUT2D eigenvalue weighted by molar-refractivity contribution is 5.83. The van der Waals surface area contributed by atoms with Gasteiger partial charge in [0.15, 0.2) is 0 Å². The number of benzene rings is 1. The molecule has 0 spiro atoms. The second-order valence-electron chi connectivity index (χ2n) is 4.40. The fraction of sp³-hybridized carbons (Fsp3) is 0.357. The Labute approximate surface area is 90.2 Å². The second kappa shape index (κ2) is 3.65. The summed E-state index contributed by atoms with van der Waals surface area (Å²) in [4.78, 5) is 4.19. The third-order valence-electron chi connectivity index (χ3n) is 3.35. The Morgan fingerprint density at radius 3 is 2.40 bits per heavy atom. The zero-order chi connectivity index (χ0) is 10.1. The van der Waals surface area contributed by atoms with Gasteiger partial charge in [-0.3, -0.25) is 4.98 Å². The maximum atomic E-state index is 4.19. The molecule has 0 bridgehead atoms. The minimum atomic E-state index is 1.25. The lowest BCUT2D eigenvalue weighted by atomic mass is 9.99. The molecule has 1 heteroatoms. The van der Waals surface area contributed by atoms with Gasteiger partial charge in [-0.1, -0.05) is 12.5 Å². The van der Waals surface area contributed by atoms with E-state index in [1.807, 2.05) is 12.4 Å². The molecule has 1 heterocycles. The Bertz CT molecular complexity index is 443. The Hall–Kier alpha value is -1.37. The Morgan fingerprint density at radius 2 is 1.60 bits per heavy atom. The highest BCUT2D eigenvalue weighted by Gasteiger charge is 2.08. The molecule has 0 saturated carbocycles. The maximum Gasteiger partial charge on any atom is 0.0346 e. The van der Waals surface area contributed by atoms with Crippen LogP contribution in [-0.4, -0.2) is 4.98 Å². The van der Waals surface area contributed by atoms with Gasteiger partial charge in [0.05, 0.1) is 0 Å². The number of rotatable bonds is 0. The number of pyridine rings is 1. The van der Waals surface area contributed by atoms with Gasteiger partial charge >= 0.3 is 0 Å². The first kappa shape index (κ1) is 8.90. The summed E-state index contributed by atoms with van der Waals surface area (Å²) in [5.41, 5.74) is 3.11. The minimum absolute atomic E-state index is 1.25. The molecule has 1 aliphatic carbocycles. The molecule has 0 atom stereocenters. The molecule has 1 aromatic carbocycles. The molecule has 0 radical (unpaired) electrons. The van der Waals surface area contributed by atoms with E-state index >= 15 is 0 Å². The van der Waals surface area contributed by atoms with E-state index < -0.39 is 0 Å². The van der Waals surface area contributed by atoms with Crippen molar-refractivity contribution in [2.75, 3.05) is 0 Å². The van der Waals surface area contributed by atoms with Crippen molar-refractivity contribution >= 4 is 10.8 Å². The fourth-order valence-electron chi connectivity index (χ4n) is 2.50. The molecule has 76 valence electrons. The molecule has 1 aliphatic rings. The normalized spacial score (nSPS) is 16.0. The lowest BCUT2D eigenvalue weighted by Gasteiger charge is -2.07. The van der Waals surface area contributed by atoms with Crippen molar-refractivity contribution in [3.05, 3.63) is 41.7 Å². The summed E-state index contributed by atoms with van der Waals surface area (Å²) in [6, 6.07) is 6.81. The molecular weight excluding hydrogens is 182 g/mol. The predicted octanol–water partition coefficient (Wildman–Crippen LogP) is 3.50. The third kappa shape index (κ3) is 1.63. The zero-order valence-corrected chi connectivity index (χ0v) is 8.87. The molecule has 0 unspecified atom stereocenters. The maximum absolute atomic E-state index is 4.19. The van der Waals surface area contributed by atoms with Crippen LogP contribution >= 0.6 is 0 Å². The standard InChI is InChI=1S/C14H15N/c1-2-4-11-8-13-6-7-15-10-14(13)9-12(11)5-3-1/h6-10H,1-5H2. The number of fused-ring (bicyclic) bond motifs is 2. The van der Waals surface area contributed by atoms with Crippen molar-refractivity contribution in [3.63, 3.8) is 0 Å². The summed E-state index contributed by atoms with van der Waals surface area (Å²) in [6.07, 6.45) is 10.4. The average Bonchev–Trinajstić information content (AvgIpc) is 2.50. The first-order valence-electron chi connectivity index (χ1n) is 5.79. The van der Waals surface area contributed by atoms with Crippen LogP contribution in [0, 0.1) is 0 Å². The monoisotopic (exact) mass is 197 g/mol. The predicted molar refractivity (Wildman–Crippen MR) is 63.0 cm³/mol. The van der Waals surface area contributed by atoms with Crippen molar-refractivity contribution in [2.24, 2.45) is 0 Å². The topological polar surface area (TPSA) is 12.9 Å². The van der Waals surface area contributed by atoms with E-state index in [1.165, 1.54) is 42.9 Å². The van der Waals surface area contributed by atoms with Crippen molar-refractivity contribution in [1.82, 2.24) is 4.98 Å². The van der Waals surface area contributed by atoms with Gasteiger partial charge in [0.1, 0.15) is 0 Å². The van der Waals surface area contributed by atoms with Crippen LogP contribution in [0.2, 0.25) is 0 Å². The minimum Gasteiger partial charge on any atom is -0.264 e. The van der Waals surface area contributed by atoms with Crippen LogP contribution in [0.25, 0.3) is 10.8 Å². The van der Waals surface area contributed by atoms with Gasteiger partial charge in [0.25, 0.3) is 0 Å². The summed E-state index contributed by atoms with van der Waals surface area (Å²) in [7, 11) is 0. The van der Waals surface area contributed by atoms with Gasteiger partial charge in [-0.25, -0.2) is 0 Å². The molecule has 0 N–H and O–H groups in total. The van der Waals surface area contributed by atoms with E-state index in [4.69, 9.17) is 0 Å². The molecule has 3 rings (SSSR count). The highest BCUT2D eigenvalue weighted by Crippen LogP contribution is 2.25. The van der Waals surface area contributed by atoms with Gasteiger partial charge in [0.2, 0.25) is 0 Å². The Balaban J connectivity index is 2.20. The Kier molecular flexibility index (Phi) is 2.17. The van der Waals surface area contributed by atoms with E-state index in [0.717, 1.165) is 0 Å². The smallest absolute Gasteiger partial charge is 0.0346 e. The summed E-state index contributed by atoms with van der Waals surface area (Å²) in [5, 5.41) is 2.63. The largest absolute Gasteiger partial charge is 0.264 e. The van der Waals surface area contributed by atoms with E-state index in [2.05, 4.69) is 23.2 Å². The quantitative estimate of drug-likeness (QED) is 0.589. The number of hydrogen-bond donors (Lipinski definition) is 0. The van der Waals surface area contributed by atoms with Crippen LogP contribution in [0.15, 0.2) is 30.6 Å². The van der Waals surface area contributed by atoms with Crippen LogP contribution in [0.3, 0.4) is 0 Å². The molecule has 0 saturated heterocycles. The van der Waals surface area contributed by atoms with Gasteiger partial charge < -0.3 is 0 Å². The SMILES string of the molecule is c1cc2cc3c(cc2cn1)CCCCC3. The Morgan fingerprint density at radius 1 is 0.867 bits per heavy atom. The lowest BCUT2D eigenvalue weighted by Crippen LogP contribution is -1.91. The van der Waals surface area contributed by atoms with Gasteiger partial charge in [-0.15, -0.1) is 0 Å². The third-order valence-corrected chi connectivity index (χ3v) is 3.35. The van der Waals surface area contributed by atoms with E-state index in [9.17, 15) is 0 Å². The van der Waals surface area contributed by atoms with Crippen molar-refractivity contribution in [1.29, 1.82) is 0 Å². The van der Waals surface area contributed by atoms with Crippen molar-refractivity contribution in [2.45, 2.75) is 32.1 Å². The second-order valence-corrected chi connectivity index (χ2v) is 4.40. The average molecular weight is 197 g/mol. The van der Waals surface area contributed by atoms with E-state index in [1.54, 1.807) is 11.1 Å². The van der Waals surface area contributed by atoms with Crippen LogP contribution < -0.4 is 0 Å². The molecule has 1 aromatic heterocycles. The van der Waals surface area contributed by atoms with Gasteiger partial charge in [-0.05, 0) is 54.3 Å². The zero-order valence-electron chi connectivity index (χ0n) is 8.87. The van der Waals surface area contributed by atoms with Gasteiger partial charge in [0, 0.05) is 17.8 Å². The van der Waals surface area contributed by atoms with Crippen LogP contribution in [0.5, 0.6) is 0 Å². The summed E-state index contributed by atoms with van der Waals surface area (Å²) < 4.78 is 0. The van der Waals surface area contributed by atoms with E-state index in [0.29, 0.717) is 0 Å². The van der Waals surface area contributed by atoms with Crippen molar-refractivity contribution < 1.29 is 0 Å². The number of aryl methyl sites for hydroxylation is 2. The summed E-state index contributed by atoms with van der Waals surface area (Å²) in [5.74, 6) is 0. The van der Waals surface area contributed by atoms with Crippen LogP contribution in [0.4, 0.5) is 0 Å². The number of hydrogen-bond acceptors (Lipinski definition) is 1. The summed E-state index contributed by atoms with van der Waals surface area (Å²) >= 11 is 0. The molecule has 1 nitrogen and oxygen atoms in total. The molecule has 0 fully saturated rings. The lowest BCUT2D eigenvalue weighted by molar-refractivity contribution is 0.712. The molecular formula is C14H15N. The molecule has 15 heavy (non-hydrogen) atoms. The number of aromatic nitrogens is 1. The summed E-state index contributed by atoms with van der Waals surface area (Å²) in [6.45, 7) is 0. The first-order valence-corrected chi connectivity index (χ1v) is 5.79. The number of nitrogens with zero attached hydrogens (tertiary/aromatic N) is 1. The first-order chi connectivity index (χ1) is 7.43. The van der Waals surface area contributed by atoms with Crippen LogP contribution in [-0.2, 0) is 12.8 Å². The molecule has 0 aliphatic heterocycles. The van der Waals surface area contributed by atoms with E-state index in [-0.39, 0.29) is 0 Å². The van der Waals surface area contributed by atoms with Crippen LogP contribution in [0.1, 0.15) is 30.4 Å². The fourth-order valence-corrected chi connectivity index (χ4v) is 2.50. The molecule has 2 aromatic rings. The van der Waals surface area contributed by atoms with Crippen molar-refractivity contribution in [3.8, 4) is 0 Å². The highest BCUT2D eigenvalue weighted by atomic mass is 14.6. The van der Waals surface area contributed by atoms with Gasteiger partial charge in [-0.2, -0.15) is 0 Å².